The van der Waals surface area contributed by atoms with E-state index in [2.05, 4.69) is 67.0 Å². The van der Waals surface area contributed by atoms with Gasteiger partial charge in [0.05, 0.1) is 11.0 Å². The number of hydrogen-bond donors (Lipinski definition) is 1. The Morgan fingerprint density at radius 2 is 1.93 bits per heavy atom. The lowest BCUT2D eigenvalue weighted by atomic mass is 10.1. The van der Waals surface area contributed by atoms with E-state index < -0.39 is 14.0 Å². The molecule has 2 aromatic rings. The zero-order valence-corrected chi connectivity index (χ0v) is 19.5. The first-order chi connectivity index (χ1) is 14.3. The van der Waals surface area contributed by atoms with Crippen molar-refractivity contribution in [1.82, 2.24) is 4.58 Å². The van der Waals surface area contributed by atoms with E-state index in [1.807, 2.05) is 0 Å². The van der Waals surface area contributed by atoms with E-state index in [-0.39, 0.29) is 6.42 Å². The van der Waals surface area contributed by atoms with Gasteiger partial charge in [-0.2, -0.15) is 0 Å². The first-order valence-electron chi connectivity index (χ1n) is 10.9. The van der Waals surface area contributed by atoms with Crippen LogP contribution in [0.3, 0.4) is 0 Å². The molecule has 2 heterocycles. The van der Waals surface area contributed by atoms with E-state index in [1.165, 1.54) is 32.3 Å². The van der Waals surface area contributed by atoms with Gasteiger partial charge in [0.15, 0.2) is 0 Å². The van der Waals surface area contributed by atoms with Gasteiger partial charge >= 0.3 is 5.97 Å². The van der Waals surface area contributed by atoms with Gasteiger partial charge in [0.25, 0.3) is 0 Å². The van der Waals surface area contributed by atoms with Crippen LogP contribution in [0.4, 0.5) is 11.4 Å². The van der Waals surface area contributed by atoms with Crippen LogP contribution in [0.2, 0.25) is 13.1 Å². The van der Waals surface area contributed by atoms with Crippen molar-refractivity contribution in [2.24, 2.45) is 4.99 Å². The van der Waals surface area contributed by atoms with Crippen LogP contribution in [0.5, 0.6) is 0 Å². The van der Waals surface area contributed by atoms with Crippen molar-refractivity contribution < 1.29 is 9.90 Å². The molecule has 2 aliphatic rings. The zero-order valence-electron chi connectivity index (χ0n) is 18.5. The molecular formula is C24H32N3O2Si+. The third-order valence-electron chi connectivity index (χ3n) is 6.59. The molecule has 0 aliphatic carbocycles. The molecule has 0 amide bonds. The average molecular weight is 423 g/mol. The molecule has 0 bridgehead atoms. The highest BCUT2D eigenvalue weighted by Crippen LogP contribution is 2.22. The van der Waals surface area contributed by atoms with Gasteiger partial charge in [0.2, 0.25) is 5.36 Å². The summed E-state index contributed by atoms with van der Waals surface area (Å²) < 4.78 is 2.49. The predicted octanol–water partition coefficient (Wildman–Crippen LogP) is 1.53. The number of benzene rings is 2. The molecule has 158 valence electrons. The van der Waals surface area contributed by atoms with Crippen LogP contribution in [0.1, 0.15) is 31.2 Å². The Morgan fingerprint density at radius 1 is 1.13 bits per heavy atom. The monoisotopic (exact) mass is 422 g/mol. The number of nitrogens with zero attached hydrogens (tertiary/aromatic N) is 3. The third-order valence-corrected chi connectivity index (χ3v) is 10.1. The van der Waals surface area contributed by atoms with Gasteiger partial charge in [-0.05, 0) is 47.5 Å². The Hall–Kier alpha value is -2.47. The van der Waals surface area contributed by atoms with Crippen LogP contribution in [0.25, 0.3) is 0 Å². The average Bonchev–Trinajstić information content (AvgIpc) is 3.08. The highest BCUT2D eigenvalue weighted by Gasteiger charge is 2.35. The number of carboxylic acid groups (broad SMARTS) is 1. The SMILES string of the molecule is CN(C)c1ccc2c(c1)[Si](C)(C)c1cc3c(cc1=N2)CC[N+]=3CCCCCC(=O)O. The van der Waals surface area contributed by atoms with Crippen molar-refractivity contribution in [3.8, 4) is 0 Å². The van der Waals surface area contributed by atoms with Gasteiger partial charge in [-0.15, -0.1) is 0 Å². The van der Waals surface area contributed by atoms with Gasteiger partial charge in [-0.1, -0.05) is 13.1 Å². The normalized spacial score (nSPS) is 15.8. The van der Waals surface area contributed by atoms with Crippen LogP contribution in [0.15, 0.2) is 35.3 Å². The number of carbonyl (C=O) groups is 1. The number of anilines is 1. The summed E-state index contributed by atoms with van der Waals surface area (Å²) in [5, 5.41) is 14.2. The van der Waals surface area contributed by atoms with Crippen LogP contribution in [-0.4, -0.2) is 46.3 Å². The minimum absolute atomic E-state index is 0.278. The van der Waals surface area contributed by atoms with E-state index in [9.17, 15) is 4.79 Å². The van der Waals surface area contributed by atoms with Crippen molar-refractivity contribution in [2.45, 2.75) is 45.2 Å². The minimum atomic E-state index is -1.85. The van der Waals surface area contributed by atoms with E-state index in [0.717, 1.165) is 44.5 Å². The number of aliphatic carboxylic acids is 1. The summed E-state index contributed by atoms with van der Waals surface area (Å²) in [5.74, 6) is -0.693. The summed E-state index contributed by atoms with van der Waals surface area (Å²) in [7, 11) is 2.33. The quantitative estimate of drug-likeness (QED) is 0.418. The highest BCUT2D eigenvalue weighted by molar-refractivity contribution is 7.01. The van der Waals surface area contributed by atoms with Gasteiger partial charge in [0, 0.05) is 50.7 Å². The first kappa shape index (κ1) is 20.8. The standard InChI is InChI=1S/C24H31N3O2Si/c1-26(2)18-9-10-19-22(15-18)30(3,4)23-16-21-17(14-20(23)25-19)11-13-27(21)12-7-5-6-8-24(28)29/h9-10,14-16H,5-8,11-13H2,1-4H3/p+1. The minimum Gasteiger partial charge on any atom is -0.481 e. The largest absolute Gasteiger partial charge is 0.481 e. The Morgan fingerprint density at radius 3 is 2.67 bits per heavy atom. The molecule has 0 saturated carbocycles. The van der Waals surface area contributed by atoms with E-state index >= 15 is 0 Å². The van der Waals surface area contributed by atoms with Crippen LogP contribution < -0.4 is 30.6 Å². The van der Waals surface area contributed by atoms with Crippen LogP contribution in [0, 0.1) is 0 Å². The van der Waals surface area contributed by atoms with Crippen LogP contribution >= 0.6 is 0 Å². The molecule has 0 saturated heterocycles. The van der Waals surface area contributed by atoms with Gasteiger partial charge in [-0.25, -0.2) is 9.57 Å². The number of fused-ring (bicyclic) bond motifs is 3. The second-order valence-corrected chi connectivity index (χ2v) is 13.6. The van der Waals surface area contributed by atoms with Crippen LogP contribution in [-0.2, 0) is 11.2 Å². The third kappa shape index (κ3) is 3.81. The number of rotatable bonds is 7. The molecule has 0 atom stereocenters. The predicted molar refractivity (Wildman–Crippen MR) is 125 cm³/mol. The summed E-state index contributed by atoms with van der Waals surface area (Å²) in [6.07, 6.45) is 4.13. The molecule has 0 unspecified atom stereocenters. The zero-order chi connectivity index (χ0) is 21.5. The maximum Gasteiger partial charge on any atom is 0.303 e. The number of unbranched alkanes of at least 4 members (excludes halogenated alkanes) is 2. The molecule has 0 radical (unpaired) electrons. The van der Waals surface area contributed by atoms with Crippen molar-refractivity contribution in [3.63, 3.8) is 0 Å². The summed E-state index contributed by atoms with van der Waals surface area (Å²) >= 11 is 0. The Labute approximate surface area is 179 Å². The fraction of sp³-hybridized carbons (Fsp3) is 0.458. The molecule has 2 aliphatic heterocycles. The summed E-state index contributed by atoms with van der Waals surface area (Å²) in [6, 6.07) is 11.4. The van der Waals surface area contributed by atoms with E-state index in [1.54, 1.807) is 0 Å². The van der Waals surface area contributed by atoms with Gasteiger partial charge < -0.3 is 10.0 Å². The molecule has 0 spiro atoms. The second-order valence-electron chi connectivity index (χ2n) is 9.27. The summed E-state index contributed by atoms with van der Waals surface area (Å²) in [5.41, 5.74) is 3.77. The molecule has 30 heavy (non-hydrogen) atoms. The maximum absolute atomic E-state index is 10.7. The second kappa shape index (κ2) is 7.98. The summed E-state index contributed by atoms with van der Waals surface area (Å²) in [4.78, 5) is 17.9. The van der Waals surface area contributed by atoms with Crippen molar-refractivity contribution in [3.05, 3.63) is 46.6 Å². The molecule has 2 aromatic carbocycles. The van der Waals surface area contributed by atoms with E-state index in [4.69, 9.17) is 10.1 Å². The van der Waals surface area contributed by atoms with Gasteiger partial charge in [0.1, 0.15) is 21.2 Å². The van der Waals surface area contributed by atoms with Gasteiger partial charge in [-0.3, -0.25) is 4.79 Å². The molecule has 1 N–H and O–H groups in total. The molecule has 4 rings (SSSR count). The smallest absolute Gasteiger partial charge is 0.303 e. The fourth-order valence-electron chi connectivity index (χ4n) is 4.75. The van der Waals surface area contributed by atoms with Crippen molar-refractivity contribution in [2.75, 3.05) is 32.1 Å². The molecule has 6 heteroatoms. The molecule has 0 fully saturated rings. The lowest BCUT2D eigenvalue weighted by molar-refractivity contribution is -0.137. The lowest BCUT2D eigenvalue weighted by Gasteiger charge is -2.29. The molecule has 0 aromatic heterocycles. The Bertz CT molecular complexity index is 1120. The lowest BCUT2D eigenvalue weighted by Crippen LogP contribution is -2.62. The Balaban J connectivity index is 1.69. The fourth-order valence-corrected chi connectivity index (χ4v) is 7.59. The number of carboxylic acids is 1. The summed E-state index contributed by atoms with van der Waals surface area (Å²) in [6.45, 7) is 6.94. The topological polar surface area (TPSA) is 55.9 Å². The Kier molecular flexibility index (Phi) is 5.53. The molecule has 5 nitrogen and oxygen atoms in total. The molecular weight excluding hydrogens is 390 g/mol. The number of hydrogen-bond acceptors (Lipinski definition) is 3. The van der Waals surface area contributed by atoms with Crippen molar-refractivity contribution >= 4 is 35.8 Å². The maximum atomic E-state index is 10.7. The highest BCUT2D eigenvalue weighted by atomic mass is 28.3. The van der Waals surface area contributed by atoms with E-state index in [0.29, 0.717) is 0 Å². The van der Waals surface area contributed by atoms with Crippen molar-refractivity contribution in [1.29, 1.82) is 0 Å². The first-order valence-corrected chi connectivity index (χ1v) is 13.9.